The van der Waals surface area contributed by atoms with Gasteiger partial charge >= 0.3 is 0 Å². The van der Waals surface area contributed by atoms with Gasteiger partial charge in [-0.05, 0) is 24.0 Å². The predicted octanol–water partition coefficient (Wildman–Crippen LogP) is 2.45. The zero-order valence-electron chi connectivity index (χ0n) is 13.6. The van der Waals surface area contributed by atoms with Crippen molar-refractivity contribution < 1.29 is 4.92 Å². The molecule has 0 saturated heterocycles. The highest BCUT2D eigenvalue weighted by molar-refractivity contribution is 7.99. The summed E-state index contributed by atoms with van der Waals surface area (Å²) in [4.78, 5) is 31.7. The number of non-ortho nitro benzene ring substituents is 1. The van der Waals surface area contributed by atoms with E-state index in [1.807, 2.05) is 6.92 Å². The lowest BCUT2D eigenvalue weighted by atomic mass is 10.2. The van der Waals surface area contributed by atoms with Crippen LogP contribution in [0.3, 0.4) is 0 Å². The molecular weight excluding hydrogens is 356 g/mol. The maximum absolute atomic E-state index is 12.8. The van der Waals surface area contributed by atoms with Crippen LogP contribution in [0.4, 0.5) is 5.69 Å². The second kappa shape index (κ2) is 6.23. The van der Waals surface area contributed by atoms with Crippen molar-refractivity contribution in [2.75, 3.05) is 5.75 Å². The van der Waals surface area contributed by atoms with E-state index in [9.17, 15) is 14.9 Å². The Labute approximate surface area is 150 Å². The van der Waals surface area contributed by atoms with Gasteiger partial charge in [0.1, 0.15) is 0 Å². The molecule has 0 amide bonds. The molecule has 0 atom stereocenters. The molecule has 0 aliphatic rings. The Kier molecular flexibility index (Phi) is 3.88. The number of rotatable bonds is 4. The third-order valence-corrected chi connectivity index (χ3v) is 4.55. The first-order chi connectivity index (χ1) is 12.6. The first-order valence-electron chi connectivity index (χ1n) is 7.73. The average molecular weight is 368 g/mol. The molecule has 0 N–H and O–H groups in total. The summed E-state index contributed by atoms with van der Waals surface area (Å²) in [5, 5.41) is 16.2. The number of benzene rings is 1. The first kappa shape index (κ1) is 16.2. The van der Waals surface area contributed by atoms with Crippen molar-refractivity contribution in [2.45, 2.75) is 12.1 Å². The SMILES string of the molecule is CCSc1nc2ncc3c(=O)n(-c4ccc([N+](=O)[O-])cc4)ccc3n2n1. The van der Waals surface area contributed by atoms with Gasteiger partial charge in [0, 0.05) is 30.2 Å². The van der Waals surface area contributed by atoms with E-state index in [1.165, 1.54) is 46.8 Å². The van der Waals surface area contributed by atoms with Crippen molar-refractivity contribution in [3.05, 3.63) is 63.2 Å². The molecular formula is C16H12N6O3S. The van der Waals surface area contributed by atoms with Gasteiger partial charge in [0.05, 0.1) is 15.8 Å². The van der Waals surface area contributed by atoms with Crippen LogP contribution in [0.2, 0.25) is 0 Å². The van der Waals surface area contributed by atoms with Gasteiger partial charge in [0.25, 0.3) is 17.0 Å². The summed E-state index contributed by atoms with van der Waals surface area (Å²) in [6.45, 7) is 2.00. The van der Waals surface area contributed by atoms with Crippen LogP contribution in [0, 0.1) is 10.1 Å². The third kappa shape index (κ3) is 2.60. The highest BCUT2D eigenvalue weighted by Crippen LogP contribution is 2.18. The Morgan fingerprint density at radius 3 is 2.69 bits per heavy atom. The van der Waals surface area contributed by atoms with Crippen molar-refractivity contribution in [1.29, 1.82) is 0 Å². The van der Waals surface area contributed by atoms with E-state index in [1.54, 1.807) is 16.8 Å². The molecule has 0 aliphatic heterocycles. The zero-order chi connectivity index (χ0) is 18.3. The molecule has 26 heavy (non-hydrogen) atoms. The van der Waals surface area contributed by atoms with Crippen molar-refractivity contribution in [2.24, 2.45) is 0 Å². The molecule has 0 radical (unpaired) electrons. The fourth-order valence-electron chi connectivity index (χ4n) is 2.63. The zero-order valence-corrected chi connectivity index (χ0v) is 14.4. The summed E-state index contributed by atoms with van der Waals surface area (Å²) >= 11 is 1.50. The minimum atomic E-state index is -0.482. The van der Waals surface area contributed by atoms with E-state index in [2.05, 4.69) is 15.1 Å². The fraction of sp³-hybridized carbons (Fsp3) is 0.125. The number of fused-ring (bicyclic) bond motifs is 3. The lowest BCUT2D eigenvalue weighted by Gasteiger charge is -2.07. The molecule has 4 rings (SSSR count). The highest BCUT2D eigenvalue weighted by atomic mass is 32.2. The average Bonchev–Trinajstić information content (AvgIpc) is 3.05. The molecule has 0 unspecified atom stereocenters. The smallest absolute Gasteiger partial charge is 0.269 e. The molecule has 0 fully saturated rings. The quantitative estimate of drug-likeness (QED) is 0.309. The second-order valence-corrected chi connectivity index (χ2v) is 6.59. The van der Waals surface area contributed by atoms with E-state index < -0.39 is 4.92 Å². The lowest BCUT2D eigenvalue weighted by molar-refractivity contribution is -0.384. The van der Waals surface area contributed by atoms with E-state index in [4.69, 9.17) is 0 Å². The number of pyridine rings is 1. The Bertz CT molecular complexity index is 1200. The van der Waals surface area contributed by atoms with E-state index >= 15 is 0 Å². The number of hydrogen-bond donors (Lipinski definition) is 0. The molecule has 1 aromatic carbocycles. The van der Waals surface area contributed by atoms with Gasteiger partial charge in [-0.15, -0.1) is 5.10 Å². The molecule has 4 aromatic rings. The largest absolute Gasteiger partial charge is 0.284 e. The van der Waals surface area contributed by atoms with Crippen LogP contribution < -0.4 is 5.56 Å². The topological polar surface area (TPSA) is 108 Å². The molecule has 0 saturated carbocycles. The number of nitrogens with zero attached hydrogens (tertiary/aromatic N) is 6. The molecule has 3 heterocycles. The third-order valence-electron chi connectivity index (χ3n) is 3.83. The standard InChI is InChI=1S/C16H12N6O3S/c1-2-26-16-18-15-17-9-12-13(21(15)19-16)7-8-20(14(12)23)10-3-5-11(6-4-10)22(24)25/h3-9H,2H2,1H3. The first-order valence-corrected chi connectivity index (χ1v) is 8.72. The van der Waals surface area contributed by atoms with Crippen LogP contribution in [0.25, 0.3) is 22.4 Å². The van der Waals surface area contributed by atoms with Crippen molar-refractivity contribution in [3.8, 4) is 5.69 Å². The van der Waals surface area contributed by atoms with E-state index in [-0.39, 0.29) is 11.2 Å². The number of thioether (sulfide) groups is 1. The minimum absolute atomic E-state index is 0.0328. The number of aromatic nitrogens is 5. The van der Waals surface area contributed by atoms with Gasteiger partial charge in [-0.1, -0.05) is 18.7 Å². The number of nitro groups is 1. The molecule has 10 heteroatoms. The van der Waals surface area contributed by atoms with Gasteiger partial charge in [0.15, 0.2) is 0 Å². The summed E-state index contributed by atoms with van der Waals surface area (Å²) < 4.78 is 2.97. The van der Waals surface area contributed by atoms with Crippen molar-refractivity contribution in [3.63, 3.8) is 0 Å². The van der Waals surface area contributed by atoms with E-state index in [0.29, 0.717) is 27.5 Å². The summed E-state index contributed by atoms with van der Waals surface area (Å²) in [7, 11) is 0. The Morgan fingerprint density at radius 1 is 1.23 bits per heavy atom. The summed E-state index contributed by atoms with van der Waals surface area (Å²) in [6, 6.07) is 7.53. The predicted molar refractivity (Wildman–Crippen MR) is 96.9 cm³/mol. The molecule has 0 bridgehead atoms. The summed E-state index contributed by atoms with van der Waals surface area (Å²) in [5.74, 6) is 1.27. The molecule has 3 aromatic heterocycles. The van der Waals surface area contributed by atoms with Crippen LogP contribution in [0.1, 0.15) is 6.92 Å². The van der Waals surface area contributed by atoms with Crippen LogP contribution >= 0.6 is 11.8 Å². The summed E-state index contributed by atoms with van der Waals surface area (Å²) in [6.07, 6.45) is 3.09. The molecule has 9 nitrogen and oxygen atoms in total. The minimum Gasteiger partial charge on any atom is -0.284 e. The van der Waals surface area contributed by atoms with Crippen LogP contribution in [0.5, 0.6) is 0 Å². The normalized spacial score (nSPS) is 11.3. The molecule has 130 valence electrons. The highest BCUT2D eigenvalue weighted by Gasteiger charge is 2.13. The second-order valence-electron chi connectivity index (χ2n) is 5.36. The van der Waals surface area contributed by atoms with Crippen LogP contribution in [-0.4, -0.2) is 34.8 Å². The van der Waals surface area contributed by atoms with Crippen molar-refractivity contribution in [1.82, 2.24) is 24.1 Å². The Balaban J connectivity index is 1.88. The maximum atomic E-state index is 12.8. The van der Waals surface area contributed by atoms with Gasteiger partial charge in [0.2, 0.25) is 5.16 Å². The van der Waals surface area contributed by atoms with E-state index in [0.717, 1.165) is 5.75 Å². The molecule has 0 spiro atoms. The van der Waals surface area contributed by atoms with Gasteiger partial charge in [-0.3, -0.25) is 19.5 Å². The van der Waals surface area contributed by atoms with Gasteiger partial charge in [-0.25, -0.2) is 4.98 Å². The monoisotopic (exact) mass is 368 g/mol. The maximum Gasteiger partial charge on any atom is 0.269 e. The van der Waals surface area contributed by atoms with Gasteiger partial charge < -0.3 is 0 Å². The van der Waals surface area contributed by atoms with Crippen molar-refractivity contribution >= 4 is 34.1 Å². The fourth-order valence-corrected chi connectivity index (χ4v) is 3.17. The number of nitro benzene ring substituents is 1. The number of hydrogen-bond acceptors (Lipinski definition) is 7. The summed E-state index contributed by atoms with van der Waals surface area (Å²) in [5.41, 5.74) is 0.817. The van der Waals surface area contributed by atoms with Gasteiger partial charge in [-0.2, -0.15) is 9.50 Å². The Hall–Kier alpha value is -3.27. The van der Waals surface area contributed by atoms with Crippen LogP contribution in [-0.2, 0) is 0 Å². The van der Waals surface area contributed by atoms with Crippen LogP contribution in [0.15, 0.2) is 52.7 Å². The Morgan fingerprint density at radius 2 is 2.00 bits per heavy atom. The molecule has 0 aliphatic carbocycles. The lowest BCUT2D eigenvalue weighted by Crippen LogP contribution is -2.18.